The Balaban J connectivity index is 3.04. The summed E-state index contributed by atoms with van der Waals surface area (Å²) in [6.45, 7) is 6.03. The van der Waals surface area contributed by atoms with Crippen LogP contribution >= 0.6 is 0 Å². The number of aliphatic hydroxyl groups excluding tert-OH is 1. The maximum Gasteiger partial charge on any atom is 0.0985 e. The van der Waals surface area contributed by atoms with Crippen LogP contribution < -0.4 is 0 Å². The Bertz CT molecular complexity index is 334. The van der Waals surface area contributed by atoms with Crippen molar-refractivity contribution in [2.24, 2.45) is 0 Å². The lowest BCUT2D eigenvalue weighted by Gasteiger charge is -2.37. The van der Waals surface area contributed by atoms with Gasteiger partial charge in [-0.2, -0.15) is 0 Å². The van der Waals surface area contributed by atoms with E-state index in [0.717, 1.165) is 11.1 Å². The standard InChI is InChI=1S/C12H20N2O/c1-9-6-7-13-8-10(9)11(15)12(2,3)14(4)5/h6-8,11,15H,1-5H3. The number of rotatable bonds is 3. The number of aryl methyl sites for hydroxylation is 1. The van der Waals surface area contributed by atoms with Crippen LogP contribution in [-0.4, -0.2) is 34.6 Å². The molecule has 1 N–H and O–H groups in total. The van der Waals surface area contributed by atoms with Gasteiger partial charge in [-0.25, -0.2) is 0 Å². The van der Waals surface area contributed by atoms with Gasteiger partial charge in [0, 0.05) is 23.5 Å². The van der Waals surface area contributed by atoms with Crippen molar-refractivity contribution in [3.8, 4) is 0 Å². The van der Waals surface area contributed by atoms with Crippen LogP contribution in [0.4, 0.5) is 0 Å². The van der Waals surface area contributed by atoms with Gasteiger partial charge in [0.15, 0.2) is 0 Å². The second-order valence-electron chi connectivity index (χ2n) is 4.68. The quantitative estimate of drug-likeness (QED) is 0.822. The first-order chi connectivity index (χ1) is 6.87. The first-order valence-corrected chi connectivity index (χ1v) is 5.13. The Morgan fingerprint density at radius 2 is 2.00 bits per heavy atom. The summed E-state index contributed by atoms with van der Waals surface area (Å²) in [5.41, 5.74) is 1.68. The minimum Gasteiger partial charge on any atom is -0.386 e. The SMILES string of the molecule is Cc1ccncc1C(O)C(C)(C)N(C)C. The number of hydrogen-bond acceptors (Lipinski definition) is 3. The summed E-state index contributed by atoms with van der Waals surface area (Å²) in [6.07, 6.45) is 2.96. The molecule has 0 aliphatic carbocycles. The molecule has 0 saturated carbocycles. The molecule has 3 heteroatoms. The van der Waals surface area contributed by atoms with E-state index in [0.29, 0.717) is 0 Å². The van der Waals surface area contributed by atoms with Crippen LogP contribution in [-0.2, 0) is 0 Å². The summed E-state index contributed by atoms with van der Waals surface area (Å²) in [7, 11) is 3.93. The number of aliphatic hydroxyl groups is 1. The highest BCUT2D eigenvalue weighted by Crippen LogP contribution is 2.30. The number of nitrogens with zero attached hydrogens (tertiary/aromatic N) is 2. The molecule has 0 spiro atoms. The van der Waals surface area contributed by atoms with Crippen molar-refractivity contribution in [1.29, 1.82) is 0 Å². The molecular weight excluding hydrogens is 188 g/mol. The second-order valence-corrected chi connectivity index (χ2v) is 4.68. The molecule has 0 radical (unpaired) electrons. The van der Waals surface area contributed by atoms with E-state index in [1.165, 1.54) is 0 Å². The average Bonchev–Trinajstić information content (AvgIpc) is 2.17. The van der Waals surface area contributed by atoms with Crippen LogP contribution in [0.5, 0.6) is 0 Å². The zero-order chi connectivity index (χ0) is 11.6. The number of pyridine rings is 1. The van der Waals surface area contributed by atoms with E-state index in [1.807, 2.05) is 45.8 Å². The van der Waals surface area contributed by atoms with Gasteiger partial charge in [0.05, 0.1) is 6.10 Å². The molecule has 0 fully saturated rings. The summed E-state index contributed by atoms with van der Waals surface area (Å²) in [5.74, 6) is 0. The molecule has 0 aliphatic heterocycles. The zero-order valence-electron chi connectivity index (χ0n) is 10.2. The highest BCUT2D eigenvalue weighted by Gasteiger charge is 2.32. The van der Waals surface area contributed by atoms with Crippen molar-refractivity contribution < 1.29 is 5.11 Å². The van der Waals surface area contributed by atoms with Crippen LogP contribution in [0.15, 0.2) is 18.5 Å². The van der Waals surface area contributed by atoms with Gasteiger partial charge in [-0.1, -0.05) is 0 Å². The van der Waals surface area contributed by atoms with Gasteiger partial charge in [0.25, 0.3) is 0 Å². The lowest BCUT2D eigenvalue weighted by Crippen LogP contribution is -2.44. The van der Waals surface area contributed by atoms with Crippen LogP contribution in [0.1, 0.15) is 31.1 Å². The van der Waals surface area contributed by atoms with Gasteiger partial charge in [-0.3, -0.25) is 4.98 Å². The molecule has 1 unspecified atom stereocenters. The topological polar surface area (TPSA) is 36.4 Å². The Morgan fingerprint density at radius 3 is 2.47 bits per heavy atom. The lowest BCUT2D eigenvalue weighted by molar-refractivity contribution is 0.0158. The maximum atomic E-state index is 10.3. The molecule has 1 rings (SSSR count). The first-order valence-electron chi connectivity index (χ1n) is 5.13. The molecule has 1 aromatic heterocycles. The molecule has 1 heterocycles. The molecule has 1 aromatic rings. The van der Waals surface area contributed by atoms with Crippen LogP contribution in [0.2, 0.25) is 0 Å². The minimum absolute atomic E-state index is 0.298. The highest BCUT2D eigenvalue weighted by molar-refractivity contribution is 5.26. The van der Waals surface area contributed by atoms with E-state index < -0.39 is 6.10 Å². The van der Waals surface area contributed by atoms with Gasteiger partial charge in [0.1, 0.15) is 0 Å². The van der Waals surface area contributed by atoms with E-state index in [9.17, 15) is 5.11 Å². The van der Waals surface area contributed by atoms with E-state index in [2.05, 4.69) is 4.98 Å². The fourth-order valence-electron chi connectivity index (χ4n) is 1.39. The first kappa shape index (κ1) is 12.1. The van der Waals surface area contributed by atoms with Crippen molar-refractivity contribution >= 4 is 0 Å². The van der Waals surface area contributed by atoms with Gasteiger partial charge in [-0.15, -0.1) is 0 Å². The number of aromatic nitrogens is 1. The van der Waals surface area contributed by atoms with Gasteiger partial charge >= 0.3 is 0 Å². The fraction of sp³-hybridized carbons (Fsp3) is 0.583. The molecule has 3 nitrogen and oxygen atoms in total. The minimum atomic E-state index is -0.527. The Kier molecular flexibility index (Phi) is 3.47. The third kappa shape index (κ3) is 2.36. The molecule has 0 saturated heterocycles. The summed E-state index contributed by atoms with van der Waals surface area (Å²) >= 11 is 0. The summed E-state index contributed by atoms with van der Waals surface area (Å²) in [4.78, 5) is 6.08. The van der Waals surface area contributed by atoms with Crippen molar-refractivity contribution in [2.75, 3.05) is 14.1 Å². The fourth-order valence-corrected chi connectivity index (χ4v) is 1.39. The van der Waals surface area contributed by atoms with Crippen LogP contribution in [0.3, 0.4) is 0 Å². The predicted octanol–water partition coefficient (Wildman–Crippen LogP) is 1.76. The largest absolute Gasteiger partial charge is 0.386 e. The van der Waals surface area contributed by atoms with Crippen molar-refractivity contribution in [3.63, 3.8) is 0 Å². The molecular formula is C12H20N2O. The van der Waals surface area contributed by atoms with Crippen LogP contribution in [0.25, 0.3) is 0 Å². The molecule has 0 amide bonds. The second kappa shape index (κ2) is 4.29. The molecule has 0 aromatic carbocycles. The Morgan fingerprint density at radius 1 is 1.40 bits per heavy atom. The Labute approximate surface area is 91.8 Å². The van der Waals surface area contributed by atoms with Gasteiger partial charge in [-0.05, 0) is 46.5 Å². The third-order valence-electron chi connectivity index (χ3n) is 3.20. The number of hydrogen-bond donors (Lipinski definition) is 1. The molecule has 84 valence electrons. The maximum absolute atomic E-state index is 10.3. The average molecular weight is 208 g/mol. The summed E-state index contributed by atoms with van der Waals surface area (Å²) in [5, 5.41) is 10.3. The Hall–Kier alpha value is -0.930. The van der Waals surface area contributed by atoms with Crippen molar-refractivity contribution in [1.82, 2.24) is 9.88 Å². The smallest absolute Gasteiger partial charge is 0.0985 e. The molecule has 0 aliphatic rings. The van der Waals surface area contributed by atoms with Crippen molar-refractivity contribution in [3.05, 3.63) is 29.6 Å². The van der Waals surface area contributed by atoms with E-state index >= 15 is 0 Å². The van der Waals surface area contributed by atoms with Gasteiger partial charge in [0.2, 0.25) is 0 Å². The monoisotopic (exact) mass is 208 g/mol. The lowest BCUT2D eigenvalue weighted by atomic mass is 9.89. The zero-order valence-corrected chi connectivity index (χ0v) is 10.2. The van der Waals surface area contributed by atoms with Crippen molar-refractivity contribution in [2.45, 2.75) is 32.4 Å². The number of likely N-dealkylation sites (N-methyl/N-ethyl adjacent to an activating group) is 1. The molecule has 1 atom stereocenters. The van der Waals surface area contributed by atoms with E-state index in [4.69, 9.17) is 0 Å². The predicted molar refractivity (Wildman–Crippen MR) is 61.7 cm³/mol. The molecule has 0 bridgehead atoms. The summed E-state index contributed by atoms with van der Waals surface area (Å²) < 4.78 is 0. The summed E-state index contributed by atoms with van der Waals surface area (Å²) in [6, 6.07) is 1.92. The molecule has 15 heavy (non-hydrogen) atoms. The highest BCUT2D eigenvalue weighted by atomic mass is 16.3. The normalized spacial score (nSPS) is 14.3. The van der Waals surface area contributed by atoms with E-state index in [-0.39, 0.29) is 5.54 Å². The van der Waals surface area contributed by atoms with Gasteiger partial charge < -0.3 is 10.0 Å². The van der Waals surface area contributed by atoms with Crippen LogP contribution in [0, 0.1) is 6.92 Å². The van der Waals surface area contributed by atoms with E-state index in [1.54, 1.807) is 12.4 Å². The third-order valence-corrected chi connectivity index (χ3v) is 3.20.